The third kappa shape index (κ3) is 5.07. The van der Waals surface area contributed by atoms with Crippen molar-refractivity contribution in [1.29, 1.82) is 0 Å². The van der Waals surface area contributed by atoms with Crippen LogP contribution in [0.15, 0.2) is 60.7 Å². The smallest absolute Gasteiger partial charge is 0.239 e. The highest BCUT2D eigenvalue weighted by Gasteiger charge is 2.27. The Morgan fingerprint density at radius 2 is 1.80 bits per heavy atom. The number of ether oxygens (including phenoxy) is 1. The van der Waals surface area contributed by atoms with E-state index in [2.05, 4.69) is 0 Å². The summed E-state index contributed by atoms with van der Waals surface area (Å²) in [7, 11) is 0. The maximum atomic E-state index is 12.7. The van der Waals surface area contributed by atoms with Crippen molar-refractivity contribution >= 4 is 5.91 Å². The summed E-state index contributed by atoms with van der Waals surface area (Å²) in [5, 5.41) is 0. The van der Waals surface area contributed by atoms with Gasteiger partial charge in [-0.1, -0.05) is 48.5 Å². The number of carbonyl (C=O) groups excluding carboxylic acids is 1. The number of hydrogen-bond donors (Lipinski definition) is 1. The number of hydrogen-bond acceptors (Lipinski definition) is 3. The minimum Gasteiger partial charge on any atom is -0.493 e. The first-order valence-electron chi connectivity index (χ1n) is 8.98. The summed E-state index contributed by atoms with van der Waals surface area (Å²) in [4.78, 5) is 14.6. The highest BCUT2D eigenvalue weighted by Crippen LogP contribution is 2.19. The molecule has 4 heteroatoms. The van der Waals surface area contributed by atoms with Gasteiger partial charge in [-0.3, -0.25) is 4.79 Å². The van der Waals surface area contributed by atoms with Crippen LogP contribution in [0.2, 0.25) is 0 Å². The molecule has 3 rings (SSSR count). The van der Waals surface area contributed by atoms with Crippen LogP contribution in [0.4, 0.5) is 0 Å². The van der Waals surface area contributed by atoms with Crippen molar-refractivity contribution in [3.63, 3.8) is 0 Å². The molecule has 2 N–H and O–H groups in total. The maximum absolute atomic E-state index is 12.7. The minimum absolute atomic E-state index is 0.0493. The molecule has 2 aromatic carbocycles. The molecule has 2 atom stereocenters. The van der Waals surface area contributed by atoms with Gasteiger partial charge in [0.2, 0.25) is 5.91 Å². The van der Waals surface area contributed by atoms with Crippen LogP contribution < -0.4 is 10.5 Å². The number of para-hydroxylation sites is 1. The zero-order chi connectivity index (χ0) is 17.5. The predicted molar refractivity (Wildman–Crippen MR) is 99.4 cm³/mol. The molecule has 1 aliphatic heterocycles. The second-order valence-corrected chi connectivity index (χ2v) is 6.71. The van der Waals surface area contributed by atoms with Gasteiger partial charge in [0, 0.05) is 19.0 Å². The van der Waals surface area contributed by atoms with Crippen LogP contribution >= 0.6 is 0 Å². The molecule has 1 amide bonds. The van der Waals surface area contributed by atoms with Crippen molar-refractivity contribution in [2.75, 3.05) is 19.7 Å². The first-order chi connectivity index (χ1) is 12.2. The van der Waals surface area contributed by atoms with Gasteiger partial charge in [-0.15, -0.1) is 0 Å². The van der Waals surface area contributed by atoms with Crippen LogP contribution in [0.1, 0.15) is 18.4 Å². The van der Waals surface area contributed by atoms with Gasteiger partial charge in [0.05, 0.1) is 12.6 Å². The Labute approximate surface area is 149 Å². The summed E-state index contributed by atoms with van der Waals surface area (Å²) in [6.45, 7) is 2.17. The van der Waals surface area contributed by atoms with E-state index in [1.54, 1.807) is 0 Å². The first kappa shape index (κ1) is 17.5. The summed E-state index contributed by atoms with van der Waals surface area (Å²) in [6, 6.07) is 19.3. The molecule has 0 aromatic heterocycles. The van der Waals surface area contributed by atoms with Gasteiger partial charge in [-0.25, -0.2) is 0 Å². The van der Waals surface area contributed by atoms with Gasteiger partial charge in [0.25, 0.3) is 0 Å². The molecule has 1 saturated heterocycles. The van der Waals surface area contributed by atoms with E-state index in [1.165, 1.54) is 0 Å². The van der Waals surface area contributed by atoms with Crippen molar-refractivity contribution in [3.8, 4) is 5.75 Å². The van der Waals surface area contributed by atoms with Crippen LogP contribution in [-0.2, 0) is 11.2 Å². The van der Waals surface area contributed by atoms with Gasteiger partial charge in [0.1, 0.15) is 5.75 Å². The predicted octanol–water partition coefficient (Wildman–Crippen LogP) is 2.87. The third-order valence-electron chi connectivity index (χ3n) is 4.68. The van der Waals surface area contributed by atoms with Crippen molar-refractivity contribution < 1.29 is 9.53 Å². The second-order valence-electron chi connectivity index (χ2n) is 6.71. The Balaban J connectivity index is 1.50. The summed E-state index contributed by atoms with van der Waals surface area (Å²) in [5.74, 6) is 1.29. The summed E-state index contributed by atoms with van der Waals surface area (Å²) in [5.41, 5.74) is 7.27. The number of likely N-dealkylation sites (tertiary alicyclic amines) is 1. The van der Waals surface area contributed by atoms with Crippen molar-refractivity contribution in [2.45, 2.75) is 25.3 Å². The molecule has 0 radical (unpaired) electrons. The second kappa shape index (κ2) is 8.67. The number of nitrogens with two attached hydrogens (primary N) is 1. The number of carbonyl (C=O) groups is 1. The Kier molecular flexibility index (Phi) is 6.07. The lowest BCUT2D eigenvalue weighted by atomic mass is 9.97. The van der Waals surface area contributed by atoms with Crippen molar-refractivity contribution in [3.05, 3.63) is 66.2 Å². The van der Waals surface area contributed by atoms with Crippen LogP contribution in [-0.4, -0.2) is 36.5 Å². The fraction of sp³-hybridized carbons (Fsp3) is 0.381. The Hall–Kier alpha value is -2.33. The maximum Gasteiger partial charge on any atom is 0.239 e. The Morgan fingerprint density at radius 3 is 2.52 bits per heavy atom. The summed E-state index contributed by atoms with van der Waals surface area (Å²) >= 11 is 0. The minimum atomic E-state index is -0.476. The SMILES string of the molecule is N[C@@H](Cc1ccccc1)C(=O)N1CCC[C@@H](COc2ccccc2)C1. The molecule has 1 heterocycles. The lowest BCUT2D eigenvalue weighted by molar-refractivity contribution is -0.134. The van der Waals surface area contributed by atoms with Gasteiger partial charge in [0.15, 0.2) is 0 Å². The Bertz CT molecular complexity index is 660. The lowest BCUT2D eigenvalue weighted by Gasteiger charge is -2.34. The molecule has 0 bridgehead atoms. The van der Waals surface area contributed by atoms with E-state index in [-0.39, 0.29) is 5.91 Å². The summed E-state index contributed by atoms with van der Waals surface area (Å²) < 4.78 is 5.86. The molecule has 2 aromatic rings. The summed E-state index contributed by atoms with van der Waals surface area (Å²) in [6.07, 6.45) is 2.68. The molecule has 25 heavy (non-hydrogen) atoms. The van der Waals surface area contributed by atoms with Crippen LogP contribution in [0.5, 0.6) is 5.75 Å². The number of rotatable bonds is 6. The fourth-order valence-corrected chi connectivity index (χ4v) is 3.32. The number of amides is 1. The van der Waals surface area contributed by atoms with Gasteiger partial charge in [-0.2, -0.15) is 0 Å². The molecular weight excluding hydrogens is 312 g/mol. The fourth-order valence-electron chi connectivity index (χ4n) is 3.32. The molecule has 1 aliphatic rings. The van der Waals surface area contributed by atoms with Crippen LogP contribution in [0, 0.1) is 5.92 Å². The molecule has 4 nitrogen and oxygen atoms in total. The Morgan fingerprint density at radius 1 is 1.12 bits per heavy atom. The zero-order valence-electron chi connectivity index (χ0n) is 14.5. The van der Waals surface area contributed by atoms with E-state index >= 15 is 0 Å². The zero-order valence-corrected chi connectivity index (χ0v) is 14.5. The quantitative estimate of drug-likeness (QED) is 0.881. The van der Waals surface area contributed by atoms with E-state index in [9.17, 15) is 4.79 Å². The monoisotopic (exact) mass is 338 g/mol. The number of piperidine rings is 1. The lowest BCUT2D eigenvalue weighted by Crippen LogP contribution is -2.49. The van der Waals surface area contributed by atoms with Gasteiger partial charge in [-0.05, 0) is 37.0 Å². The van der Waals surface area contributed by atoms with E-state index in [0.29, 0.717) is 18.9 Å². The molecule has 0 unspecified atom stereocenters. The van der Waals surface area contributed by atoms with E-state index in [1.807, 2.05) is 65.6 Å². The van der Waals surface area contributed by atoms with Crippen molar-refractivity contribution in [2.24, 2.45) is 11.7 Å². The number of benzene rings is 2. The molecule has 1 fully saturated rings. The first-order valence-corrected chi connectivity index (χ1v) is 8.98. The highest BCUT2D eigenvalue weighted by atomic mass is 16.5. The molecule has 132 valence electrons. The largest absolute Gasteiger partial charge is 0.493 e. The van der Waals surface area contributed by atoms with E-state index in [0.717, 1.165) is 37.2 Å². The van der Waals surface area contributed by atoms with Gasteiger partial charge >= 0.3 is 0 Å². The average molecular weight is 338 g/mol. The molecule has 0 spiro atoms. The van der Waals surface area contributed by atoms with Crippen LogP contribution in [0.25, 0.3) is 0 Å². The number of nitrogens with zero attached hydrogens (tertiary/aromatic N) is 1. The standard InChI is InChI=1S/C21H26N2O2/c22-20(14-17-8-3-1-4-9-17)21(24)23-13-7-10-18(15-23)16-25-19-11-5-2-6-12-19/h1-6,8-9,11-12,18,20H,7,10,13-16,22H2/t18-,20+/m1/s1. The third-order valence-corrected chi connectivity index (χ3v) is 4.68. The molecule has 0 saturated carbocycles. The molecule has 0 aliphatic carbocycles. The van der Waals surface area contributed by atoms with E-state index < -0.39 is 6.04 Å². The topological polar surface area (TPSA) is 55.6 Å². The van der Waals surface area contributed by atoms with Crippen LogP contribution in [0.3, 0.4) is 0 Å². The highest BCUT2D eigenvalue weighted by molar-refractivity contribution is 5.82. The van der Waals surface area contributed by atoms with Gasteiger partial charge < -0.3 is 15.4 Å². The average Bonchev–Trinajstić information content (AvgIpc) is 2.67. The van der Waals surface area contributed by atoms with Crippen molar-refractivity contribution in [1.82, 2.24) is 4.90 Å². The normalized spacial score (nSPS) is 18.6. The van der Waals surface area contributed by atoms with E-state index in [4.69, 9.17) is 10.5 Å². The molecular formula is C21H26N2O2.